The molecule has 4 heteroatoms. The van der Waals surface area contributed by atoms with Gasteiger partial charge in [-0.15, -0.1) is 0 Å². The summed E-state index contributed by atoms with van der Waals surface area (Å²) in [5.74, 6) is 0.869. The Hall–Kier alpha value is -0.690. The van der Waals surface area contributed by atoms with E-state index >= 15 is 0 Å². The van der Waals surface area contributed by atoms with Gasteiger partial charge >= 0.3 is 0 Å². The normalized spacial score (nSPS) is 14.1. The van der Waals surface area contributed by atoms with Crippen molar-refractivity contribution < 1.29 is 4.79 Å². The van der Waals surface area contributed by atoms with Gasteiger partial charge in [-0.05, 0) is 24.3 Å². The molecule has 0 heterocycles. The number of hydrogen-bond acceptors (Lipinski definition) is 3. The van der Waals surface area contributed by atoms with E-state index in [-0.39, 0.29) is 5.91 Å². The smallest absolute Gasteiger partial charge is 0.237 e. The number of nitrogens with zero attached hydrogens (tertiary/aromatic N) is 1. The van der Waals surface area contributed by atoms with Crippen LogP contribution >= 0.6 is 11.8 Å². The van der Waals surface area contributed by atoms with Gasteiger partial charge in [0, 0.05) is 6.54 Å². The summed E-state index contributed by atoms with van der Waals surface area (Å²) >= 11 is 1.76. The van der Waals surface area contributed by atoms with Crippen molar-refractivity contribution in [2.24, 2.45) is 11.8 Å². The summed E-state index contributed by atoms with van der Waals surface area (Å²) in [6, 6.07) is 1.99. The van der Waals surface area contributed by atoms with E-state index in [0.717, 1.165) is 5.75 Å². The first-order valence-corrected chi connectivity index (χ1v) is 6.21. The van der Waals surface area contributed by atoms with Gasteiger partial charge < -0.3 is 5.32 Å². The lowest BCUT2D eigenvalue weighted by molar-refractivity contribution is -0.123. The van der Waals surface area contributed by atoms with Crippen LogP contribution in [-0.2, 0) is 4.79 Å². The van der Waals surface area contributed by atoms with Crippen LogP contribution < -0.4 is 5.32 Å². The molecule has 0 aliphatic carbocycles. The van der Waals surface area contributed by atoms with Crippen molar-refractivity contribution in [1.29, 1.82) is 5.26 Å². The van der Waals surface area contributed by atoms with Crippen LogP contribution in [0.5, 0.6) is 0 Å². The monoisotopic (exact) mass is 214 g/mol. The third kappa shape index (κ3) is 5.13. The van der Waals surface area contributed by atoms with E-state index in [4.69, 9.17) is 5.26 Å². The van der Waals surface area contributed by atoms with Crippen LogP contribution in [0.1, 0.15) is 20.3 Å². The van der Waals surface area contributed by atoms with Gasteiger partial charge in [-0.25, -0.2) is 0 Å². The van der Waals surface area contributed by atoms with Gasteiger partial charge in [0.15, 0.2) is 0 Å². The summed E-state index contributed by atoms with van der Waals surface area (Å²) in [6.45, 7) is 4.60. The Balaban J connectivity index is 3.79. The van der Waals surface area contributed by atoms with Crippen LogP contribution in [0.25, 0.3) is 0 Å². The summed E-state index contributed by atoms with van der Waals surface area (Å²) in [4.78, 5) is 11.4. The fourth-order valence-corrected chi connectivity index (χ4v) is 1.76. The molecule has 0 aromatic rings. The summed E-state index contributed by atoms with van der Waals surface area (Å²) in [5.41, 5.74) is 0. The molecule has 2 atom stereocenters. The van der Waals surface area contributed by atoms with E-state index < -0.39 is 5.92 Å². The van der Waals surface area contributed by atoms with E-state index in [1.807, 2.05) is 19.2 Å². The zero-order valence-electron chi connectivity index (χ0n) is 9.04. The Kier molecular flexibility index (Phi) is 7.31. The van der Waals surface area contributed by atoms with Crippen LogP contribution in [-0.4, -0.2) is 24.5 Å². The summed E-state index contributed by atoms with van der Waals surface area (Å²) in [7, 11) is 0. The summed E-state index contributed by atoms with van der Waals surface area (Å²) < 4.78 is 0. The molecule has 0 saturated heterocycles. The van der Waals surface area contributed by atoms with Crippen LogP contribution in [0.3, 0.4) is 0 Å². The van der Waals surface area contributed by atoms with E-state index in [1.165, 1.54) is 0 Å². The zero-order valence-corrected chi connectivity index (χ0v) is 9.86. The molecule has 0 radical (unpaired) electrons. The second kappa shape index (κ2) is 7.69. The number of carbonyl (C=O) groups excluding carboxylic acids is 1. The highest BCUT2D eigenvalue weighted by Crippen LogP contribution is 2.04. The number of nitriles is 1. The number of nitrogens with one attached hydrogen (secondary N) is 1. The molecule has 1 N–H and O–H groups in total. The van der Waals surface area contributed by atoms with Gasteiger partial charge in [-0.2, -0.15) is 17.0 Å². The molecule has 1 amide bonds. The van der Waals surface area contributed by atoms with Gasteiger partial charge in [0.2, 0.25) is 5.91 Å². The number of thioether (sulfide) groups is 1. The Labute approximate surface area is 90.3 Å². The first-order chi connectivity index (χ1) is 6.65. The Morgan fingerprint density at radius 2 is 2.29 bits per heavy atom. The van der Waals surface area contributed by atoms with Gasteiger partial charge in [0.25, 0.3) is 0 Å². The minimum absolute atomic E-state index is 0.136. The quantitative estimate of drug-likeness (QED) is 0.731. The molecular formula is C10H18N2OS. The largest absolute Gasteiger partial charge is 0.355 e. The van der Waals surface area contributed by atoms with Crippen molar-refractivity contribution in [2.75, 3.05) is 18.6 Å². The predicted octanol–water partition coefficient (Wildman–Crippen LogP) is 1.65. The second-order valence-electron chi connectivity index (χ2n) is 3.40. The second-order valence-corrected chi connectivity index (χ2v) is 4.31. The van der Waals surface area contributed by atoms with Crippen molar-refractivity contribution in [2.45, 2.75) is 20.3 Å². The van der Waals surface area contributed by atoms with Gasteiger partial charge in [-0.1, -0.05) is 13.8 Å². The lowest BCUT2D eigenvalue weighted by atomic mass is 10.1. The van der Waals surface area contributed by atoms with E-state index in [0.29, 0.717) is 18.9 Å². The standard InChI is InChI=1S/C10H18N2OS/c1-4-9(5-11)10(13)12-6-8(2)7-14-3/h8-9H,4,6-7H2,1-3H3,(H,12,13). The highest BCUT2D eigenvalue weighted by Gasteiger charge is 2.15. The van der Waals surface area contributed by atoms with Crippen molar-refractivity contribution in [3.63, 3.8) is 0 Å². The SMILES string of the molecule is CCC(C#N)C(=O)NCC(C)CSC. The Morgan fingerprint density at radius 1 is 1.64 bits per heavy atom. The fraction of sp³-hybridized carbons (Fsp3) is 0.800. The minimum Gasteiger partial charge on any atom is -0.355 e. The van der Waals surface area contributed by atoms with Crippen LogP contribution in [0.4, 0.5) is 0 Å². The van der Waals surface area contributed by atoms with Gasteiger partial charge in [0.05, 0.1) is 6.07 Å². The molecule has 0 aromatic carbocycles. The number of amides is 1. The first kappa shape index (κ1) is 13.3. The lowest BCUT2D eigenvalue weighted by Gasteiger charge is -2.12. The molecule has 3 nitrogen and oxygen atoms in total. The molecule has 0 fully saturated rings. The molecule has 0 rings (SSSR count). The fourth-order valence-electron chi connectivity index (χ4n) is 1.08. The number of rotatable bonds is 6. The van der Waals surface area contributed by atoms with E-state index in [1.54, 1.807) is 11.8 Å². The highest BCUT2D eigenvalue weighted by atomic mass is 32.2. The van der Waals surface area contributed by atoms with Crippen molar-refractivity contribution in [1.82, 2.24) is 5.32 Å². The number of carbonyl (C=O) groups is 1. The average Bonchev–Trinajstić information content (AvgIpc) is 2.17. The van der Waals surface area contributed by atoms with Crippen molar-refractivity contribution >= 4 is 17.7 Å². The molecular weight excluding hydrogens is 196 g/mol. The molecule has 0 aromatic heterocycles. The molecule has 2 unspecified atom stereocenters. The average molecular weight is 214 g/mol. The van der Waals surface area contributed by atoms with Crippen LogP contribution in [0.2, 0.25) is 0 Å². The van der Waals surface area contributed by atoms with Crippen molar-refractivity contribution in [3.05, 3.63) is 0 Å². The Bertz CT molecular complexity index is 213. The maximum Gasteiger partial charge on any atom is 0.237 e. The van der Waals surface area contributed by atoms with Crippen LogP contribution in [0, 0.1) is 23.2 Å². The number of hydrogen-bond donors (Lipinski definition) is 1. The van der Waals surface area contributed by atoms with Crippen LogP contribution in [0.15, 0.2) is 0 Å². The topological polar surface area (TPSA) is 52.9 Å². The third-order valence-electron chi connectivity index (χ3n) is 1.96. The molecule has 0 bridgehead atoms. The highest BCUT2D eigenvalue weighted by molar-refractivity contribution is 7.98. The van der Waals surface area contributed by atoms with E-state index in [2.05, 4.69) is 12.2 Å². The third-order valence-corrected chi connectivity index (χ3v) is 2.86. The minimum atomic E-state index is -0.489. The predicted molar refractivity (Wildman–Crippen MR) is 59.9 cm³/mol. The molecule has 80 valence electrons. The van der Waals surface area contributed by atoms with Crippen molar-refractivity contribution in [3.8, 4) is 6.07 Å². The molecule has 0 aliphatic rings. The molecule has 14 heavy (non-hydrogen) atoms. The maximum atomic E-state index is 11.4. The van der Waals surface area contributed by atoms with E-state index in [9.17, 15) is 4.79 Å². The van der Waals surface area contributed by atoms with Gasteiger partial charge in [0.1, 0.15) is 5.92 Å². The summed E-state index contributed by atoms with van der Waals surface area (Å²) in [6.07, 6.45) is 2.63. The van der Waals surface area contributed by atoms with Gasteiger partial charge in [-0.3, -0.25) is 4.79 Å². The zero-order chi connectivity index (χ0) is 11.0. The molecule has 0 aliphatic heterocycles. The Morgan fingerprint density at radius 3 is 2.71 bits per heavy atom. The maximum absolute atomic E-state index is 11.4. The first-order valence-electron chi connectivity index (χ1n) is 4.81. The molecule has 0 spiro atoms. The summed E-state index contributed by atoms with van der Waals surface area (Å²) in [5, 5.41) is 11.4. The molecule has 0 saturated carbocycles. The lowest BCUT2D eigenvalue weighted by Crippen LogP contribution is -2.33.